The van der Waals surface area contributed by atoms with E-state index in [0.29, 0.717) is 11.3 Å². The maximum Gasteiger partial charge on any atom is 0.270 e. The first-order valence-corrected chi connectivity index (χ1v) is 9.51. The molecule has 7 nitrogen and oxygen atoms in total. The Bertz CT molecular complexity index is 1040. The summed E-state index contributed by atoms with van der Waals surface area (Å²) in [5, 5.41) is 2.79. The fraction of sp³-hybridized carbons (Fsp3) is 0.286. The number of rotatable bonds is 4. The van der Waals surface area contributed by atoms with Gasteiger partial charge in [0.25, 0.3) is 11.5 Å². The molecule has 3 heterocycles. The molecule has 0 saturated carbocycles. The largest absolute Gasteiger partial charge is 0.369 e. The number of aromatic nitrogens is 2. The van der Waals surface area contributed by atoms with Crippen LogP contribution in [0.2, 0.25) is 0 Å². The fourth-order valence-electron chi connectivity index (χ4n) is 3.46. The number of hydrogen-bond acceptors (Lipinski definition) is 5. The van der Waals surface area contributed by atoms with Crippen LogP contribution in [0.3, 0.4) is 0 Å². The summed E-state index contributed by atoms with van der Waals surface area (Å²) in [6, 6.07) is 13.0. The van der Waals surface area contributed by atoms with E-state index in [2.05, 4.69) is 27.0 Å². The van der Waals surface area contributed by atoms with E-state index < -0.39 is 5.91 Å². The molecule has 1 amide bonds. The second-order valence-corrected chi connectivity index (χ2v) is 6.83. The summed E-state index contributed by atoms with van der Waals surface area (Å²) in [6.45, 7) is 7.40. The highest BCUT2D eigenvalue weighted by Crippen LogP contribution is 2.19. The van der Waals surface area contributed by atoms with Crippen LogP contribution in [-0.4, -0.2) is 52.9 Å². The monoisotopic (exact) mass is 377 g/mol. The van der Waals surface area contributed by atoms with Crippen molar-refractivity contribution in [2.75, 3.05) is 42.9 Å². The molecule has 144 valence electrons. The minimum Gasteiger partial charge on any atom is -0.369 e. The molecule has 1 saturated heterocycles. The third-order valence-electron chi connectivity index (χ3n) is 5.17. The van der Waals surface area contributed by atoms with Gasteiger partial charge in [0.15, 0.2) is 0 Å². The maximum atomic E-state index is 12.6. The molecule has 4 rings (SSSR count). The molecular weight excluding hydrogens is 354 g/mol. The molecule has 7 heteroatoms. The van der Waals surface area contributed by atoms with Crippen LogP contribution in [-0.2, 0) is 0 Å². The van der Waals surface area contributed by atoms with E-state index in [4.69, 9.17) is 0 Å². The van der Waals surface area contributed by atoms with Crippen molar-refractivity contribution in [2.24, 2.45) is 0 Å². The van der Waals surface area contributed by atoms with Crippen LogP contribution in [0, 0.1) is 0 Å². The Labute approximate surface area is 163 Å². The highest BCUT2D eigenvalue weighted by molar-refractivity contribution is 6.04. The number of amides is 1. The Balaban J connectivity index is 1.47. The van der Waals surface area contributed by atoms with Gasteiger partial charge in [0.05, 0.1) is 0 Å². The lowest BCUT2D eigenvalue weighted by Crippen LogP contribution is -2.46. The second kappa shape index (κ2) is 7.82. The fourth-order valence-corrected chi connectivity index (χ4v) is 3.46. The van der Waals surface area contributed by atoms with Crippen molar-refractivity contribution in [1.29, 1.82) is 0 Å². The van der Waals surface area contributed by atoms with Crippen LogP contribution in [0.1, 0.15) is 17.3 Å². The smallest absolute Gasteiger partial charge is 0.270 e. The molecule has 0 atom stereocenters. The number of anilines is 2. The number of nitrogens with one attached hydrogen (secondary N) is 1. The van der Waals surface area contributed by atoms with Gasteiger partial charge in [0.2, 0.25) is 0 Å². The zero-order valence-electron chi connectivity index (χ0n) is 15.8. The Kier molecular flexibility index (Phi) is 5.08. The van der Waals surface area contributed by atoms with Crippen molar-refractivity contribution in [2.45, 2.75) is 6.92 Å². The summed E-state index contributed by atoms with van der Waals surface area (Å²) in [5.41, 5.74) is 1.94. The van der Waals surface area contributed by atoms with Gasteiger partial charge >= 0.3 is 0 Å². The first-order chi connectivity index (χ1) is 13.7. The Morgan fingerprint density at radius 3 is 2.54 bits per heavy atom. The Morgan fingerprint density at radius 2 is 1.82 bits per heavy atom. The molecule has 0 radical (unpaired) electrons. The van der Waals surface area contributed by atoms with Gasteiger partial charge in [-0.15, -0.1) is 0 Å². The molecule has 1 aliphatic rings. The Hall–Kier alpha value is -3.19. The summed E-state index contributed by atoms with van der Waals surface area (Å²) in [5.74, 6) is -0.458. The lowest BCUT2D eigenvalue weighted by atomic mass is 10.2. The predicted octanol–water partition coefficient (Wildman–Crippen LogP) is 2.09. The molecule has 3 aromatic rings. The number of benzene rings is 1. The Morgan fingerprint density at radius 1 is 1.07 bits per heavy atom. The number of nitrogens with zero attached hydrogens (tertiary/aromatic N) is 4. The van der Waals surface area contributed by atoms with Crippen molar-refractivity contribution in [3.63, 3.8) is 0 Å². The zero-order chi connectivity index (χ0) is 19.5. The molecule has 0 unspecified atom stereocenters. The molecule has 1 fully saturated rings. The van der Waals surface area contributed by atoms with Crippen LogP contribution in [0.25, 0.3) is 5.65 Å². The van der Waals surface area contributed by atoms with E-state index in [1.54, 1.807) is 24.4 Å². The summed E-state index contributed by atoms with van der Waals surface area (Å²) < 4.78 is 1.37. The van der Waals surface area contributed by atoms with Crippen molar-refractivity contribution < 1.29 is 4.79 Å². The first kappa shape index (κ1) is 18.2. The average Bonchev–Trinajstić information content (AvgIpc) is 2.75. The van der Waals surface area contributed by atoms with Gasteiger partial charge in [0.1, 0.15) is 11.2 Å². The van der Waals surface area contributed by atoms with E-state index in [9.17, 15) is 9.59 Å². The van der Waals surface area contributed by atoms with Crippen molar-refractivity contribution in [3.8, 4) is 0 Å². The van der Waals surface area contributed by atoms with Crippen molar-refractivity contribution in [1.82, 2.24) is 14.3 Å². The summed E-state index contributed by atoms with van der Waals surface area (Å²) in [4.78, 5) is 34.0. The van der Waals surface area contributed by atoms with Crippen LogP contribution in [0.4, 0.5) is 11.4 Å². The third-order valence-corrected chi connectivity index (χ3v) is 5.17. The molecule has 1 N–H and O–H groups in total. The van der Waals surface area contributed by atoms with Crippen LogP contribution >= 0.6 is 0 Å². The minimum atomic E-state index is -0.458. The molecule has 1 aliphatic heterocycles. The number of carbonyl (C=O) groups excluding carboxylic acids is 1. The van der Waals surface area contributed by atoms with Crippen molar-refractivity contribution in [3.05, 3.63) is 70.8 Å². The molecule has 0 aliphatic carbocycles. The molecule has 2 aromatic heterocycles. The van der Waals surface area contributed by atoms with Crippen molar-refractivity contribution >= 4 is 22.9 Å². The summed E-state index contributed by atoms with van der Waals surface area (Å²) in [7, 11) is 0. The normalized spacial score (nSPS) is 15.0. The van der Waals surface area contributed by atoms with Gasteiger partial charge in [-0.05, 0) is 42.9 Å². The summed E-state index contributed by atoms with van der Waals surface area (Å²) in [6.07, 6.45) is 2.93. The number of fused-ring (bicyclic) bond motifs is 1. The lowest BCUT2D eigenvalue weighted by molar-refractivity contribution is 0.102. The number of pyridine rings is 1. The first-order valence-electron chi connectivity index (χ1n) is 9.51. The molecule has 0 bridgehead atoms. The summed E-state index contributed by atoms with van der Waals surface area (Å²) >= 11 is 0. The quantitative estimate of drug-likeness (QED) is 0.754. The van der Waals surface area contributed by atoms with Crippen LogP contribution < -0.4 is 15.8 Å². The van der Waals surface area contributed by atoms with Gasteiger partial charge in [-0.1, -0.05) is 13.0 Å². The van der Waals surface area contributed by atoms with Gasteiger partial charge in [-0.2, -0.15) is 0 Å². The topological polar surface area (TPSA) is 69.9 Å². The second-order valence-electron chi connectivity index (χ2n) is 6.83. The van der Waals surface area contributed by atoms with Gasteiger partial charge in [-0.25, -0.2) is 4.98 Å². The minimum absolute atomic E-state index is 0.0171. The molecule has 28 heavy (non-hydrogen) atoms. The van der Waals surface area contributed by atoms with E-state index in [1.165, 1.54) is 10.6 Å². The predicted molar refractivity (Wildman–Crippen MR) is 110 cm³/mol. The van der Waals surface area contributed by atoms with Gasteiger partial charge < -0.3 is 15.1 Å². The highest BCUT2D eigenvalue weighted by Gasteiger charge is 2.16. The number of likely N-dealkylation sites (N-methyl/N-ethyl adjacent to an activating group) is 1. The molecule has 0 spiro atoms. The van der Waals surface area contributed by atoms with Gasteiger partial charge in [0, 0.05) is 49.9 Å². The highest BCUT2D eigenvalue weighted by atomic mass is 16.2. The van der Waals surface area contributed by atoms with Gasteiger partial charge in [-0.3, -0.25) is 14.0 Å². The molecular formula is C21H23N5O2. The zero-order valence-corrected chi connectivity index (χ0v) is 15.8. The third kappa shape index (κ3) is 3.61. The number of piperazine rings is 1. The average molecular weight is 377 g/mol. The molecule has 1 aromatic carbocycles. The van der Waals surface area contributed by atoms with E-state index >= 15 is 0 Å². The van der Waals surface area contributed by atoms with Crippen LogP contribution in [0.5, 0.6) is 0 Å². The van der Waals surface area contributed by atoms with Crippen LogP contribution in [0.15, 0.2) is 59.7 Å². The van der Waals surface area contributed by atoms with E-state index in [-0.39, 0.29) is 11.1 Å². The van der Waals surface area contributed by atoms with E-state index in [1.807, 2.05) is 24.3 Å². The number of hydrogen-bond donors (Lipinski definition) is 1. The SMILES string of the molecule is CCN1CCN(c2ccc(NC(=O)c3cnc4ccccn4c3=O)cc2)CC1. The maximum absolute atomic E-state index is 12.6. The lowest BCUT2D eigenvalue weighted by Gasteiger charge is -2.35. The standard InChI is InChI=1S/C21H23N5O2/c1-2-24-11-13-25(14-12-24)17-8-6-16(7-9-17)23-20(27)18-15-22-19-5-3-4-10-26(19)21(18)28/h3-10,15H,2,11-14H2,1H3,(H,23,27). The van der Waals surface area contributed by atoms with E-state index in [0.717, 1.165) is 38.4 Å². The number of carbonyl (C=O) groups is 1.